The van der Waals surface area contributed by atoms with E-state index in [1.807, 2.05) is 6.92 Å². The number of nitrogens with one attached hydrogen (secondary N) is 2. The van der Waals surface area contributed by atoms with Crippen LogP contribution in [0.15, 0.2) is 33.6 Å². The van der Waals surface area contributed by atoms with E-state index in [1.54, 1.807) is 4.90 Å². The number of aromatic amines is 1. The van der Waals surface area contributed by atoms with E-state index >= 15 is 0 Å². The molecule has 0 saturated carbocycles. The largest absolute Gasteiger partial charge is 0.510 e. The fourth-order valence-electron chi connectivity index (χ4n) is 2.62. The highest BCUT2D eigenvalue weighted by Crippen LogP contribution is 2.25. The lowest BCUT2D eigenvalue weighted by atomic mass is 10.2. The van der Waals surface area contributed by atoms with E-state index in [2.05, 4.69) is 9.97 Å². The van der Waals surface area contributed by atoms with Crippen molar-refractivity contribution in [2.45, 2.75) is 11.8 Å². The van der Waals surface area contributed by atoms with Gasteiger partial charge in [0.1, 0.15) is 17.4 Å². The van der Waals surface area contributed by atoms with E-state index in [1.165, 1.54) is 18.2 Å². The SMILES string of the molecule is CCN1CC(O)=C(c2nc3cc(S(C)(=O)=O)ccc3c(=O)[nH]2)C1=N. The molecule has 0 fully saturated rings. The molecule has 0 atom stereocenters. The maximum Gasteiger partial charge on any atom is 0.259 e. The summed E-state index contributed by atoms with van der Waals surface area (Å²) in [6.45, 7) is 2.55. The lowest BCUT2D eigenvalue weighted by Crippen LogP contribution is -2.26. The molecule has 0 unspecified atom stereocenters. The number of hydrogen-bond acceptors (Lipinski definition) is 6. The van der Waals surface area contributed by atoms with Gasteiger partial charge in [0.25, 0.3) is 5.56 Å². The zero-order valence-corrected chi connectivity index (χ0v) is 13.9. The number of H-pyrrole nitrogens is 1. The highest BCUT2D eigenvalue weighted by molar-refractivity contribution is 7.90. The third kappa shape index (κ3) is 2.56. The van der Waals surface area contributed by atoms with E-state index in [9.17, 15) is 18.3 Å². The Kier molecular flexibility index (Phi) is 3.67. The molecule has 24 heavy (non-hydrogen) atoms. The summed E-state index contributed by atoms with van der Waals surface area (Å²) in [4.78, 5) is 20.7. The van der Waals surface area contributed by atoms with Crippen molar-refractivity contribution in [2.75, 3.05) is 19.3 Å². The molecule has 0 bridgehead atoms. The van der Waals surface area contributed by atoms with Crippen molar-refractivity contribution in [2.24, 2.45) is 0 Å². The number of aliphatic hydroxyl groups is 1. The van der Waals surface area contributed by atoms with Crippen LogP contribution in [0.2, 0.25) is 0 Å². The fourth-order valence-corrected chi connectivity index (χ4v) is 3.26. The molecule has 8 nitrogen and oxygen atoms in total. The second-order valence-corrected chi connectivity index (χ2v) is 7.57. The molecule has 1 aliphatic heterocycles. The van der Waals surface area contributed by atoms with Crippen LogP contribution in [0.4, 0.5) is 0 Å². The Morgan fingerprint density at radius 1 is 1.42 bits per heavy atom. The maximum atomic E-state index is 12.2. The zero-order chi connectivity index (χ0) is 17.6. The van der Waals surface area contributed by atoms with E-state index in [4.69, 9.17) is 5.41 Å². The minimum Gasteiger partial charge on any atom is -0.510 e. The second-order valence-electron chi connectivity index (χ2n) is 5.55. The number of rotatable bonds is 3. The van der Waals surface area contributed by atoms with Gasteiger partial charge < -0.3 is 15.0 Å². The molecular weight excluding hydrogens is 332 g/mol. The topological polar surface area (TPSA) is 127 Å². The smallest absolute Gasteiger partial charge is 0.259 e. The first-order chi connectivity index (χ1) is 11.2. The minimum atomic E-state index is -3.44. The summed E-state index contributed by atoms with van der Waals surface area (Å²) in [6.07, 6.45) is 1.07. The molecule has 3 rings (SSSR count). The molecule has 0 saturated heterocycles. The Labute approximate surface area is 137 Å². The molecule has 0 spiro atoms. The van der Waals surface area contributed by atoms with Gasteiger partial charge >= 0.3 is 0 Å². The molecule has 126 valence electrons. The Morgan fingerprint density at radius 2 is 2.12 bits per heavy atom. The number of benzene rings is 1. The molecule has 1 aromatic carbocycles. The van der Waals surface area contributed by atoms with Crippen LogP contribution in [0, 0.1) is 5.41 Å². The van der Waals surface area contributed by atoms with Gasteiger partial charge in [-0.1, -0.05) is 0 Å². The van der Waals surface area contributed by atoms with Crippen LogP contribution in [-0.4, -0.2) is 53.6 Å². The number of fused-ring (bicyclic) bond motifs is 1. The van der Waals surface area contributed by atoms with Crippen molar-refractivity contribution in [3.63, 3.8) is 0 Å². The fraction of sp³-hybridized carbons (Fsp3) is 0.267. The van der Waals surface area contributed by atoms with Crippen molar-refractivity contribution < 1.29 is 13.5 Å². The number of aromatic nitrogens is 2. The van der Waals surface area contributed by atoms with Crippen molar-refractivity contribution in [1.29, 1.82) is 5.41 Å². The summed E-state index contributed by atoms with van der Waals surface area (Å²) in [6, 6.07) is 4.06. The summed E-state index contributed by atoms with van der Waals surface area (Å²) >= 11 is 0. The van der Waals surface area contributed by atoms with Gasteiger partial charge in [0.2, 0.25) is 0 Å². The quantitative estimate of drug-likeness (QED) is 0.756. The molecule has 1 aliphatic rings. The molecule has 3 N–H and O–H groups in total. The van der Waals surface area contributed by atoms with Crippen LogP contribution in [0.5, 0.6) is 0 Å². The normalized spacial score (nSPS) is 15.6. The summed E-state index contributed by atoms with van der Waals surface area (Å²) in [5.74, 6) is 0.0667. The minimum absolute atomic E-state index is 0.0499. The molecule has 1 aromatic heterocycles. The summed E-state index contributed by atoms with van der Waals surface area (Å²) in [5.41, 5.74) is -0.113. The van der Waals surface area contributed by atoms with E-state index in [-0.39, 0.29) is 45.3 Å². The predicted octanol–water partition coefficient (Wildman–Crippen LogP) is 0.908. The standard InChI is InChI=1S/C15H16N4O4S/c1-3-19-7-11(20)12(13(19)16)14-17-10-6-8(24(2,22)23)4-5-9(10)15(21)18-14/h4-6,16,20H,3,7H2,1-2H3,(H,17,18,21). The third-order valence-electron chi connectivity index (χ3n) is 3.91. The Hall–Kier alpha value is -2.68. The summed E-state index contributed by atoms with van der Waals surface area (Å²) < 4.78 is 23.4. The third-order valence-corrected chi connectivity index (χ3v) is 5.02. The van der Waals surface area contributed by atoms with Gasteiger partial charge in [-0.05, 0) is 25.1 Å². The highest BCUT2D eigenvalue weighted by Gasteiger charge is 2.29. The van der Waals surface area contributed by atoms with Crippen LogP contribution < -0.4 is 5.56 Å². The monoisotopic (exact) mass is 348 g/mol. The second kappa shape index (κ2) is 5.45. The van der Waals surface area contributed by atoms with Crippen molar-refractivity contribution in [3.05, 3.63) is 40.1 Å². The zero-order valence-electron chi connectivity index (χ0n) is 13.1. The Bertz CT molecular complexity index is 1050. The molecule has 9 heteroatoms. The van der Waals surface area contributed by atoms with Crippen LogP contribution >= 0.6 is 0 Å². The lowest BCUT2D eigenvalue weighted by molar-refractivity contribution is 0.356. The molecule has 0 aliphatic carbocycles. The van der Waals surface area contributed by atoms with Crippen molar-refractivity contribution >= 4 is 32.1 Å². The number of likely N-dealkylation sites (N-methyl/N-ethyl adjacent to an activating group) is 1. The van der Waals surface area contributed by atoms with E-state index in [0.29, 0.717) is 6.54 Å². The van der Waals surface area contributed by atoms with Gasteiger partial charge in [0.05, 0.1) is 27.9 Å². The first-order valence-corrected chi connectivity index (χ1v) is 9.12. The molecule has 0 radical (unpaired) electrons. The van der Waals surface area contributed by atoms with E-state index < -0.39 is 15.4 Å². The number of sulfone groups is 1. The van der Waals surface area contributed by atoms with Crippen LogP contribution in [0.3, 0.4) is 0 Å². The average Bonchev–Trinajstić information content (AvgIpc) is 2.79. The molecule has 0 amide bonds. The van der Waals surface area contributed by atoms with Gasteiger partial charge in [0.15, 0.2) is 9.84 Å². The lowest BCUT2D eigenvalue weighted by Gasteiger charge is -2.15. The first kappa shape index (κ1) is 16.2. The van der Waals surface area contributed by atoms with Gasteiger partial charge in [0, 0.05) is 12.8 Å². The van der Waals surface area contributed by atoms with Gasteiger partial charge in [-0.15, -0.1) is 0 Å². The van der Waals surface area contributed by atoms with Crippen LogP contribution in [0.1, 0.15) is 12.7 Å². The molecule has 2 aromatic rings. The Morgan fingerprint density at radius 3 is 2.71 bits per heavy atom. The van der Waals surface area contributed by atoms with Gasteiger partial charge in [-0.25, -0.2) is 13.4 Å². The number of aliphatic hydroxyl groups excluding tert-OH is 1. The highest BCUT2D eigenvalue weighted by atomic mass is 32.2. The van der Waals surface area contributed by atoms with Crippen LogP contribution in [0.25, 0.3) is 16.5 Å². The maximum absolute atomic E-state index is 12.2. The summed E-state index contributed by atoms with van der Waals surface area (Å²) in [7, 11) is -3.44. The summed E-state index contributed by atoms with van der Waals surface area (Å²) in [5, 5.41) is 18.4. The van der Waals surface area contributed by atoms with Gasteiger partial charge in [-0.3, -0.25) is 10.2 Å². The van der Waals surface area contributed by atoms with Crippen LogP contribution in [-0.2, 0) is 9.84 Å². The molecular formula is C15H16N4O4S. The van der Waals surface area contributed by atoms with Gasteiger partial charge in [-0.2, -0.15) is 0 Å². The molecule has 2 heterocycles. The van der Waals surface area contributed by atoms with Crippen molar-refractivity contribution in [3.8, 4) is 0 Å². The number of nitrogens with zero attached hydrogens (tertiary/aromatic N) is 2. The number of amidine groups is 1. The first-order valence-electron chi connectivity index (χ1n) is 7.23. The average molecular weight is 348 g/mol. The Balaban J connectivity index is 2.22. The predicted molar refractivity (Wildman–Crippen MR) is 90.0 cm³/mol. The number of hydrogen-bond donors (Lipinski definition) is 3. The van der Waals surface area contributed by atoms with E-state index in [0.717, 1.165) is 6.26 Å². The van der Waals surface area contributed by atoms with Crippen molar-refractivity contribution in [1.82, 2.24) is 14.9 Å².